The van der Waals surface area contributed by atoms with E-state index < -0.39 is 23.1 Å². The highest BCUT2D eigenvalue weighted by molar-refractivity contribution is 6.03. The molecule has 0 aliphatic heterocycles. The zero-order valence-electron chi connectivity index (χ0n) is 19.4. The summed E-state index contributed by atoms with van der Waals surface area (Å²) in [7, 11) is 1.43. The van der Waals surface area contributed by atoms with Crippen LogP contribution in [0.5, 0.6) is 0 Å². The lowest BCUT2D eigenvalue weighted by molar-refractivity contribution is -0.165. The van der Waals surface area contributed by atoms with Crippen LogP contribution in [0.15, 0.2) is 42.5 Å². The number of aliphatic carboxylic acids is 1. The van der Waals surface area contributed by atoms with E-state index in [1.54, 1.807) is 0 Å². The Balaban J connectivity index is 1.56. The molecule has 6 heteroatoms. The number of rotatable bonds is 11. The standard InChI is InChI=1S/C27H33FN2O3/c1-3-4-5-6-10-13-21-22-15-14-20(18-11-8-7-9-12-18)23(21)27(22,28)30-19-16-26(17-19,25(32)33)24(31)29-2/h7-9,11-12,14-15,19,30H,3-6,10,13,16-17H2,1-2H3,(H,29,31)(H,32,33). The number of carbonyl (C=O) groups is 2. The van der Waals surface area contributed by atoms with Crippen molar-refractivity contribution < 1.29 is 19.1 Å². The fourth-order valence-corrected chi connectivity index (χ4v) is 5.47. The molecule has 2 aliphatic carbocycles. The summed E-state index contributed by atoms with van der Waals surface area (Å²) < 4.78 is 16.5. The lowest BCUT2D eigenvalue weighted by Gasteiger charge is -2.50. The van der Waals surface area contributed by atoms with Crippen LogP contribution in [0, 0.1) is 5.41 Å². The highest BCUT2D eigenvalue weighted by atomic mass is 19.1. The molecule has 1 atom stereocenters. The summed E-state index contributed by atoms with van der Waals surface area (Å²) in [6.07, 6.45) is 6.74. The van der Waals surface area contributed by atoms with Gasteiger partial charge in [-0.1, -0.05) is 75.1 Å². The second kappa shape index (κ2) is 9.26. The number of halogens is 1. The van der Waals surface area contributed by atoms with Gasteiger partial charge >= 0.3 is 5.97 Å². The van der Waals surface area contributed by atoms with E-state index in [2.05, 4.69) is 17.6 Å². The third-order valence-electron chi connectivity index (χ3n) is 7.31. The molecular formula is C27H33FN2O3. The Bertz CT molecular complexity index is 1030. The highest BCUT2D eigenvalue weighted by Gasteiger charge is 2.59. The molecule has 0 spiro atoms. The van der Waals surface area contributed by atoms with E-state index in [-0.39, 0.29) is 18.9 Å². The number of unbranched alkanes of at least 4 members (excludes halogenated alkanes) is 4. The number of fused-ring (bicyclic) bond motifs is 2. The molecule has 1 saturated carbocycles. The van der Waals surface area contributed by atoms with E-state index in [0.29, 0.717) is 11.1 Å². The number of aryl methyl sites for hydroxylation is 1. The van der Waals surface area contributed by atoms with Crippen LogP contribution in [-0.4, -0.2) is 30.1 Å². The molecule has 1 fully saturated rings. The first-order valence-corrected chi connectivity index (χ1v) is 12.0. The monoisotopic (exact) mass is 452 g/mol. The zero-order valence-corrected chi connectivity index (χ0v) is 19.4. The largest absolute Gasteiger partial charge is 0.480 e. The molecular weight excluding hydrogens is 419 g/mol. The third kappa shape index (κ3) is 3.95. The van der Waals surface area contributed by atoms with Gasteiger partial charge < -0.3 is 10.4 Å². The molecule has 3 N–H and O–H groups in total. The maximum atomic E-state index is 16.5. The van der Waals surface area contributed by atoms with E-state index >= 15 is 4.39 Å². The Morgan fingerprint density at radius 3 is 2.39 bits per heavy atom. The highest BCUT2D eigenvalue weighted by Crippen LogP contribution is 2.54. The number of amides is 1. The van der Waals surface area contributed by atoms with Gasteiger partial charge in [0.05, 0.1) is 0 Å². The third-order valence-corrected chi connectivity index (χ3v) is 7.31. The van der Waals surface area contributed by atoms with Crippen molar-refractivity contribution >= 4 is 11.9 Å². The predicted octanol–water partition coefficient (Wildman–Crippen LogP) is 4.92. The normalized spacial score (nSPS) is 25.1. The average Bonchev–Trinajstić information content (AvgIpc) is 2.80. The summed E-state index contributed by atoms with van der Waals surface area (Å²) >= 11 is 0. The molecule has 1 unspecified atom stereocenters. The zero-order chi connectivity index (χ0) is 23.6. The summed E-state index contributed by atoms with van der Waals surface area (Å²) in [5.41, 5.74) is 2.76. The second-order valence-corrected chi connectivity index (χ2v) is 9.42. The molecule has 2 aromatic rings. The molecule has 0 saturated heterocycles. The van der Waals surface area contributed by atoms with Crippen molar-refractivity contribution in [2.45, 2.75) is 70.1 Å². The maximum absolute atomic E-state index is 16.5. The summed E-state index contributed by atoms with van der Waals surface area (Å²) in [5, 5.41) is 15.1. The minimum absolute atomic E-state index is 0.0744. The van der Waals surface area contributed by atoms with E-state index in [1.165, 1.54) is 26.3 Å². The van der Waals surface area contributed by atoms with Crippen molar-refractivity contribution in [1.82, 2.24) is 10.6 Å². The minimum Gasteiger partial charge on any atom is -0.480 e. The van der Waals surface area contributed by atoms with Crippen LogP contribution in [-0.2, 0) is 21.8 Å². The molecule has 1 amide bonds. The van der Waals surface area contributed by atoms with Crippen LogP contribution in [0.1, 0.15) is 68.6 Å². The van der Waals surface area contributed by atoms with Crippen LogP contribution in [0.25, 0.3) is 11.1 Å². The smallest absolute Gasteiger partial charge is 0.319 e. The summed E-state index contributed by atoms with van der Waals surface area (Å²) in [4.78, 5) is 24.0. The molecule has 2 aromatic carbocycles. The van der Waals surface area contributed by atoms with Crippen LogP contribution < -0.4 is 10.6 Å². The van der Waals surface area contributed by atoms with E-state index in [9.17, 15) is 14.7 Å². The van der Waals surface area contributed by atoms with E-state index in [1.807, 2.05) is 42.5 Å². The Labute approximate surface area is 194 Å². The van der Waals surface area contributed by atoms with Gasteiger partial charge in [0.15, 0.2) is 0 Å². The van der Waals surface area contributed by atoms with Crippen molar-refractivity contribution in [3.05, 3.63) is 59.2 Å². The Morgan fingerprint density at radius 1 is 1.06 bits per heavy atom. The van der Waals surface area contributed by atoms with Crippen molar-refractivity contribution in [2.24, 2.45) is 5.41 Å². The van der Waals surface area contributed by atoms with E-state index in [4.69, 9.17) is 0 Å². The summed E-state index contributed by atoms with van der Waals surface area (Å²) in [5.74, 6) is -3.49. The minimum atomic E-state index is -1.81. The Kier molecular flexibility index (Phi) is 6.57. The average molecular weight is 453 g/mol. The van der Waals surface area contributed by atoms with Gasteiger partial charge in [-0.25, -0.2) is 4.39 Å². The number of carboxylic acids is 1. The quantitative estimate of drug-likeness (QED) is 0.257. The first-order chi connectivity index (χ1) is 15.9. The number of hydrogen-bond donors (Lipinski definition) is 3. The van der Waals surface area contributed by atoms with Gasteiger partial charge in [0.25, 0.3) is 0 Å². The van der Waals surface area contributed by atoms with Crippen LogP contribution >= 0.6 is 0 Å². The maximum Gasteiger partial charge on any atom is 0.319 e. The lowest BCUT2D eigenvalue weighted by atomic mass is 9.63. The number of carboxylic acid groups (broad SMARTS) is 1. The number of nitrogens with one attached hydrogen (secondary N) is 2. The fourth-order valence-electron chi connectivity index (χ4n) is 5.47. The number of benzene rings is 2. The van der Waals surface area contributed by atoms with Gasteiger partial charge in [-0.15, -0.1) is 0 Å². The molecule has 2 bridgehead atoms. The topological polar surface area (TPSA) is 78.4 Å². The molecule has 176 valence electrons. The number of alkyl halides is 1. The summed E-state index contributed by atoms with van der Waals surface area (Å²) in [6, 6.07) is 13.3. The van der Waals surface area contributed by atoms with Gasteiger partial charge in [0, 0.05) is 24.2 Å². The second-order valence-electron chi connectivity index (χ2n) is 9.42. The predicted molar refractivity (Wildman–Crippen MR) is 127 cm³/mol. The van der Waals surface area contributed by atoms with Gasteiger partial charge in [-0.05, 0) is 42.4 Å². The van der Waals surface area contributed by atoms with Crippen molar-refractivity contribution in [1.29, 1.82) is 0 Å². The van der Waals surface area contributed by atoms with Crippen molar-refractivity contribution in [2.75, 3.05) is 7.05 Å². The van der Waals surface area contributed by atoms with Gasteiger partial charge in [-0.2, -0.15) is 0 Å². The molecule has 33 heavy (non-hydrogen) atoms. The SMILES string of the molecule is CCCCCCCc1c2ccc(-c3ccccc3)c1C2(F)NC1CC(C(=O)O)(C(=O)NC)C1. The fraction of sp³-hybridized carbons (Fsp3) is 0.481. The van der Waals surface area contributed by atoms with Crippen LogP contribution in [0.4, 0.5) is 4.39 Å². The molecule has 5 nitrogen and oxygen atoms in total. The Morgan fingerprint density at radius 2 is 1.76 bits per heavy atom. The van der Waals surface area contributed by atoms with E-state index in [0.717, 1.165) is 36.0 Å². The van der Waals surface area contributed by atoms with Crippen LogP contribution in [0.3, 0.4) is 0 Å². The first-order valence-electron chi connectivity index (χ1n) is 12.0. The van der Waals surface area contributed by atoms with Crippen molar-refractivity contribution in [3.8, 4) is 11.1 Å². The Hall–Kier alpha value is -2.73. The van der Waals surface area contributed by atoms with Gasteiger partial charge in [0.2, 0.25) is 11.7 Å². The van der Waals surface area contributed by atoms with Gasteiger partial charge in [0.1, 0.15) is 5.41 Å². The first kappa shape index (κ1) is 23.4. The molecule has 2 aliphatic rings. The van der Waals surface area contributed by atoms with Gasteiger partial charge in [-0.3, -0.25) is 14.9 Å². The molecule has 0 radical (unpaired) electrons. The number of carbonyl (C=O) groups excluding carboxylic acids is 1. The van der Waals surface area contributed by atoms with Crippen molar-refractivity contribution in [3.63, 3.8) is 0 Å². The molecule has 0 aromatic heterocycles. The number of hydrogen-bond acceptors (Lipinski definition) is 3. The molecule has 0 heterocycles. The molecule has 4 rings (SSSR count). The van der Waals surface area contributed by atoms with Crippen LogP contribution in [0.2, 0.25) is 0 Å². The lowest BCUT2D eigenvalue weighted by Crippen LogP contribution is -2.64. The summed E-state index contributed by atoms with van der Waals surface area (Å²) in [6.45, 7) is 2.19.